The molecule has 29 heavy (non-hydrogen) atoms. The normalized spacial score (nSPS) is 16.6. The number of benzene rings is 2. The van der Waals surface area contributed by atoms with E-state index in [0.717, 1.165) is 5.75 Å². The van der Waals surface area contributed by atoms with Crippen molar-refractivity contribution in [3.63, 3.8) is 0 Å². The van der Waals surface area contributed by atoms with E-state index in [-0.39, 0.29) is 22.8 Å². The van der Waals surface area contributed by atoms with Crippen LogP contribution in [0.25, 0.3) is 0 Å². The summed E-state index contributed by atoms with van der Waals surface area (Å²) in [5, 5.41) is 15.0. The van der Waals surface area contributed by atoms with E-state index < -0.39 is 0 Å². The number of carbonyl (C=O) groups excluding carboxylic acids is 1. The number of amides is 1. The van der Waals surface area contributed by atoms with Gasteiger partial charge in [0.15, 0.2) is 0 Å². The summed E-state index contributed by atoms with van der Waals surface area (Å²) in [5.74, 6) is 0.740. The average molecular weight is 441 g/mol. The van der Waals surface area contributed by atoms with Gasteiger partial charge < -0.3 is 19.9 Å². The van der Waals surface area contributed by atoms with Crippen LogP contribution in [-0.4, -0.2) is 48.5 Å². The quantitative estimate of drug-likeness (QED) is 0.474. The minimum Gasteiger partial charge on any atom is -0.506 e. The van der Waals surface area contributed by atoms with E-state index in [1.54, 1.807) is 12.1 Å². The van der Waals surface area contributed by atoms with Gasteiger partial charge in [0.25, 0.3) is 0 Å². The van der Waals surface area contributed by atoms with Gasteiger partial charge in [-0.2, -0.15) is 5.06 Å². The second-order valence-corrected chi connectivity index (χ2v) is 7.40. The summed E-state index contributed by atoms with van der Waals surface area (Å²) in [7, 11) is 0. The highest BCUT2D eigenvalue weighted by molar-refractivity contribution is 6.32. The second kappa shape index (κ2) is 10.0. The van der Waals surface area contributed by atoms with E-state index in [2.05, 4.69) is 5.32 Å². The standard InChI is InChI=1S/C20H22Cl2N2O5/c1-13(25)23-18-9-17(22)19(26)10-20(18)27-8-2-7-24-11-16(12-28-24)29-15-5-3-14(21)4-6-15/h3-6,9-10,16,26H,2,7-8,11-12H2,1H3,(H,23,25). The molecular weight excluding hydrogens is 419 g/mol. The fourth-order valence-electron chi connectivity index (χ4n) is 2.83. The summed E-state index contributed by atoms with van der Waals surface area (Å²) in [6.45, 7) is 3.52. The Morgan fingerprint density at radius 2 is 2.07 bits per heavy atom. The molecule has 0 aromatic heterocycles. The molecule has 2 aromatic carbocycles. The van der Waals surface area contributed by atoms with Crippen LogP contribution in [0.3, 0.4) is 0 Å². The Kier molecular flexibility index (Phi) is 7.44. The number of hydroxylamine groups is 2. The lowest BCUT2D eigenvalue weighted by Gasteiger charge is -2.16. The Morgan fingerprint density at radius 1 is 1.31 bits per heavy atom. The number of nitrogens with zero attached hydrogens (tertiary/aromatic N) is 1. The highest BCUT2D eigenvalue weighted by atomic mass is 35.5. The van der Waals surface area contributed by atoms with Crippen LogP contribution in [-0.2, 0) is 9.63 Å². The maximum absolute atomic E-state index is 11.3. The zero-order valence-electron chi connectivity index (χ0n) is 15.9. The third-order valence-corrected chi connectivity index (χ3v) is 4.69. The molecule has 0 radical (unpaired) electrons. The largest absolute Gasteiger partial charge is 0.506 e. The first-order chi connectivity index (χ1) is 13.9. The van der Waals surface area contributed by atoms with Gasteiger partial charge in [-0.1, -0.05) is 23.2 Å². The van der Waals surface area contributed by atoms with Crippen molar-refractivity contribution < 1.29 is 24.2 Å². The molecule has 0 bridgehead atoms. The molecule has 1 aliphatic rings. The molecule has 1 atom stereocenters. The van der Waals surface area contributed by atoms with Crippen molar-refractivity contribution in [2.45, 2.75) is 19.4 Å². The van der Waals surface area contributed by atoms with Crippen molar-refractivity contribution in [1.29, 1.82) is 0 Å². The molecule has 156 valence electrons. The van der Waals surface area contributed by atoms with Gasteiger partial charge in [-0.15, -0.1) is 0 Å². The van der Waals surface area contributed by atoms with Gasteiger partial charge in [-0.25, -0.2) is 0 Å². The summed E-state index contributed by atoms with van der Waals surface area (Å²) in [4.78, 5) is 17.0. The van der Waals surface area contributed by atoms with Crippen molar-refractivity contribution in [3.05, 3.63) is 46.4 Å². The average Bonchev–Trinajstić information content (AvgIpc) is 3.11. The van der Waals surface area contributed by atoms with Crippen LogP contribution in [0, 0.1) is 0 Å². The summed E-state index contributed by atoms with van der Waals surface area (Å²) < 4.78 is 11.6. The minimum absolute atomic E-state index is 0.0586. The van der Waals surface area contributed by atoms with E-state index in [4.69, 9.17) is 37.5 Å². The number of phenolic OH excluding ortho intramolecular Hbond substituents is 1. The van der Waals surface area contributed by atoms with Gasteiger partial charge >= 0.3 is 0 Å². The Balaban J connectivity index is 1.43. The molecule has 0 saturated carbocycles. The fourth-order valence-corrected chi connectivity index (χ4v) is 3.12. The summed E-state index contributed by atoms with van der Waals surface area (Å²) >= 11 is 11.8. The number of nitrogens with one attached hydrogen (secondary N) is 1. The van der Waals surface area contributed by atoms with Crippen LogP contribution in [0.15, 0.2) is 36.4 Å². The third kappa shape index (κ3) is 6.40. The Morgan fingerprint density at radius 3 is 2.79 bits per heavy atom. The zero-order chi connectivity index (χ0) is 20.8. The highest BCUT2D eigenvalue weighted by Gasteiger charge is 2.25. The van der Waals surface area contributed by atoms with Gasteiger partial charge in [0.05, 0.1) is 23.9 Å². The lowest BCUT2D eigenvalue weighted by Crippen LogP contribution is -2.26. The number of ether oxygens (including phenoxy) is 2. The first kappa shape index (κ1) is 21.5. The predicted octanol–water partition coefficient (Wildman–Crippen LogP) is 4.12. The predicted molar refractivity (Wildman–Crippen MR) is 111 cm³/mol. The number of anilines is 1. The number of rotatable bonds is 8. The van der Waals surface area contributed by atoms with E-state index in [1.807, 2.05) is 17.2 Å². The monoisotopic (exact) mass is 440 g/mol. The summed E-state index contributed by atoms with van der Waals surface area (Å²) in [6, 6.07) is 10.1. The van der Waals surface area contributed by atoms with Gasteiger partial charge in [-0.05, 0) is 36.8 Å². The Labute approximate surface area is 179 Å². The molecular formula is C20H22Cl2N2O5. The lowest BCUT2D eigenvalue weighted by molar-refractivity contribution is -0.114. The number of phenols is 1. The van der Waals surface area contributed by atoms with Crippen LogP contribution in [0.1, 0.15) is 13.3 Å². The van der Waals surface area contributed by atoms with Gasteiger partial charge in [-0.3, -0.25) is 9.63 Å². The highest BCUT2D eigenvalue weighted by Crippen LogP contribution is 2.35. The number of halogens is 2. The fraction of sp³-hybridized carbons (Fsp3) is 0.350. The Bertz CT molecular complexity index is 848. The van der Waals surface area contributed by atoms with Crippen molar-refractivity contribution in [2.75, 3.05) is 31.6 Å². The smallest absolute Gasteiger partial charge is 0.221 e. The maximum Gasteiger partial charge on any atom is 0.221 e. The third-order valence-electron chi connectivity index (χ3n) is 4.14. The van der Waals surface area contributed by atoms with Crippen LogP contribution < -0.4 is 14.8 Å². The molecule has 1 unspecified atom stereocenters. The summed E-state index contributed by atoms with van der Waals surface area (Å²) in [6.07, 6.45) is 0.619. The van der Waals surface area contributed by atoms with Gasteiger partial charge in [0.2, 0.25) is 5.91 Å². The molecule has 7 nitrogen and oxygen atoms in total. The molecule has 0 aliphatic carbocycles. The van der Waals surface area contributed by atoms with E-state index in [9.17, 15) is 9.90 Å². The van der Waals surface area contributed by atoms with E-state index in [0.29, 0.717) is 49.2 Å². The zero-order valence-corrected chi connectivity index (χ0v) is 17.4. The molecule has 0 spiro atoms. The SMILES string of the molecule is CC(=O)Nc1cc(Cl)c(O)cc1OCCCN1CC(Oc2ccc(Cl)cc2)CO1. The first-order valence-corrected chi connectivity index (χ1v) is 9.89. The number of carbonyl (C=O) groups is 1. The van der Waals surface area contributed by atoms with Gasteiger partial charge in [0.1, 0.15) is 30.0 Å². The van der Waals surface area contributed by atoms with E-state index >= 15 is 0 Å². The van der Waals surface area contributed by atoms with Gasteiger partial charge in [0, 0.05) is 24.6 Å². The molecule has 2 aromatic rings. The van der Waals surface area contributed by atoms with Crippen LogP contribution >= 0.6 is 23.2 Å². The van der Waals surface area contributed by atoms with E-state index in [1.165, 1.54) is 19.1 Å². The molecule has 1 fully saturated rings. The molecule has 1 aliphatic heterocycles. The number of hydrogen-bond acceptors (Lipinski definition) is 6. The molecule has 1 heterocycles. The topological polar surface area (TPSA) is 80.3 Å². The number of aromatic hydroxyl groups is 1. The minimum atomic E-state index is -0.256. The van der Waals surface area contributed by atoms with Crippen molar-refractivity contribution >= 4 is 34.8 Å². The van der Waals surface area contributed by atoms with Crippen molar-refractivity contribution in [2.24, 2.45) is 0 Å². The molecule has 1 saturated heterocycles. The van der Waals surface area contributed by atoms with Crippen molar-refractivity contribution in [1.82, 2.24) is 5.06 Å². The lowest BCUT2D eigenvalue weighted by atomic mass is 10.2. The summed E-state index contributed by atoms with van der Waals surface area (Å²) in [5.41, 5.74) is 0.411. The Hall–Kier alpha value is -2.19. The molecule has 2 N–H and O–H groups in total. The maximum atomic E-state index is 11.3. The van der Waals surface area contributed by atoms with Crippen LogP contribution in [0.2, 0.25) is 10.0 Å². The van der Waals surface area contributed by atoms with Crippen LogP contribution in [0.4, 0.5) is 5.69 Å². The first-order valence-electron chi connectivity index (χ1n) is 9.13. The number of hydrogen-bond donors (Lipinski definition) is 2. The second-order valence-electron chi connectivity index (χ2n) is 6.56. The molecule has 9 heteroatoms. The van der Waals surface area contributed by atoms with Crippen LogP contribution in [0.5, 0.6) is 17.2 Å². The molecule has 1 amide bonds. The molecule has 3 rings (SSSR count). The van der Waals surface area contributed by atoms with Crippen molar-refractivity contribution in [3.8, 4) is 17.2 Å².